The zero-order valence-electron chi connectivity index (χ0n) is 23.5. The van der Waals surface area contributed by atoms with Crippen LogP contribution in [0, 0.1) is 0 Å². The van der Waals surface area contributed by atoms with Crippen LogP contribution in [-0.2, 0) is 0 Å². The van der Waals surface area contributed by atoms with E-state index in [4.69, 9.17) is 4.74 Å². The van der Waals surface area contributed by atoms with E-state index in [-0.39, 0.29) is 0 Å². The number of hydrogen-bond donors (Lipinski definition) is 0. The average Bonchev–Trinajstić information content (AvgIpc) is 3.08. The molecule has 0 N–H and O–H groups in total. The Morgan fingerprint density at radius 1 is 0.349 bits per heavy atom. The molecule has 0 radical (unpaired) electrons. The fraction of sp³-hybridized carbons (Fsp3) is 0. The fourth-order valence-corrected chi connectivity index (χ4v) is 6.12. The Hall–Kier alpha value is -5.80. The highest BCUT2D eigenvalue weighted by Gasteiger charge is 2.25. The van der Waals surface area contributed by atoms with Gasteiger partial charge < -0.3 is 14.5 Å². The zero-order valence-corrected chi connectivity index (χ0v) is 23.5. The second-order valence-corrected chi connectivity index (χ2v) is 10.6. The lowest BCUT2D eigenvalue weighted by Crippen LogP contribution is -2.11. The third-order valence-corrected chi connectivity index (χ3v) is 8.01. The van der Waals surface area contributed by atoms with Gasteiger partial charge in [0.2, 0.25) is 0 Å². The van der Waals surface area contributed by atoms with Crippen molar-refractivity contribution in [3.63, 3.8) is 0 Å². The number of para-hydroxylation sites is 4. The molecule has 0 fully saturated rings. The van der Waals surface area contributed by atoms with Crippen molar-refractivity contribution in [3.05, 3.63) is 170 Å². The van der Waals surface area contributed by atoms with E-state index >= 15 is 0 Å². The maximum atomic E-state index is 6.71. The first-order valence-corrected chi connectivity index (χ1v) is 14.5. The zero-order chi connectivity index (χ0) is 28.6. The summed E-state index contributed by atoms with van der Waals surface area (Å²) in [7, 11) is 0. The minimum Gasteiger partial charge on any atom is -0.456 e. The SMILES string of the molecule is c1ccc(N(c2ccccc2)c2ccc3c(c2)Oc2cccc4c(N(c5ccccc5)c5ccccc5)ccc-3c24)cc1. The van der Waals surface area contributed by atoms with Gasteiger partial charge in [0.25, 0.3) is 0 Å². The van der Waals surface area contributed by atoms with Crippen LogP contribution >= 0.6 is 0 Å². The summed E-state index contributed by atoms with van der Waals surface area (Å²) in [6, 6.07) is 59.4. The van der Waals surface area contributed by atoms with E-state index in [9.17, 15) is 0 Å². The van der Waals surface area contributed by atoms with Crippen molar-refractivity contribution in [1.82, 2.24) is 0 Å². The summed E-state index contributed by atoms with van der Waals surface area (Å²) in [5, 5.41) is 2.27. The predicted octanol–water partition coefficient (Wildman–Crippen LogP) is 11.6. The molecule has 0 unspecified atom stereocenters. The van der Waals surface area contributed by atoms with Crippen LogP contribution in [0.1, 0.15) is 0 Å². The molecule has 204 valence electrons. The Labute approximate surface area is 251 Å². The summed E-state index contributed by atoms with van der Waals surface area (Å²) < 4.78 is 6.71. The summed E-state index contributed by atoms with van der Waals surface area (Å²) >= 11 is 0. The number of fused-ring (bicyclic) bond motifs is 2. The van der Waals surface area contributed by atoms with Crippen LogP contribution in [0.2, 0.25) is 0 Å². The third kappa shape index (κ3) is 4.39. The molecule has 3 nitrogen and oxygen atoms in total. The molecule has 0 saturated heterocycles. The van der Waals surface area contributed by atoms with Crippen LogP contribution < -0.4 is 14.5 Å². The van der Waals surface area contributed by atoms with Gasteiger partial charge in [0, 0.05) is 50.8 Å². The van der Waals surface area contributed by atoms with Crippen molar-refractivity contribution >= 4 is 44.9 Å². The van der Waals surface area contributed by atoms with Gasteiger partial charge in [-0.3, -0.25) is 0 Å². The molecular weight excluding hydrogens is 524 g/mol. The van der Waals surface area contributed by atoms with E-state index in [1.807, 2.05) is 12.1 Å². The molecule has 1 aliphatic rings. The maximum absolute atomic E-state index is 6.71. The van der Waals surface area contributed by atoms with Gasteiger partial charge in [0.1, 0.15) is 11.5 Å². The summed E-state index contributed by atoms with van der Waals surface area (Å²) in [6.45, 7) is 0. The van der Waals surface area contributed by atoms with E-state index in [1.165, 1.54) is 5.56 Å². The van der Waals surface area contributed by atoms with Gasteiger partial charge in [0.05, 0.1) is 5.69 Å². The standard InChI is InChI=1S/C40H28N2O/c1-5-14-29(15-6-1)41(30-16-7-2-8-17-30)33-24-25-34-35-26-27-37(36-22-13-23-38(40(35)36)43-39(34)28-33)42(31-18-9-3-10-19-31)32-20-11-4-12-21-32/h1-28H. The van der Waals surface area contributed by atoms with Crippen LogP contribution in [0.5, 0.6) is 11.5 Å². The molecule has 8 rings (SSSR count). The van der Waals surface area contributed by atoms with Crippen LogP contribution in [0.25, 0.3) is 21.9 Å². The van der Waals surface area contributed by atoms with E-state index in [0.29, 0.717) is 0 Å². The lowest BCUT2D eigenvalue weighted by atomic mass is 9.93. The van der Waals surface area contributed by atoms with E-state index in [0.717, 1.165) is 62.0 Å². The molecule has 7 aromatic rings. The van der Waals surface area contributed by atoms with Crippen LogP contribution in [0.4, 0.5) is 34.1 Å². The van der Waals surface area contributed by atoms with Gasteiger partial charge in [-0.25, -0.2) is 0 Å². The lowest BCUT2D eigenvalue weighted by Gasteiger charge is -2.30. The molecule has 7 aromatic carbocycles. The average molecular weight is 553 g/mol. The number of benzene rings is 7. The van der Waals surface area contributed by atoms with Crippen molar-refractivity contribution in [2.45, 2.75) is 0 Å². The van der Waals surface area contributed by atoms with E-state index in [2.05, 4.69) is 168 Å². The van der Waals surface area contributed by atoms with Crippen molar-refractivity contribution in [2.75, 3.05) is 9.80 Å². The molecule has 3 heteroatoms. The fourth-order valence-electron chi connectivity index (χ4n) is 6.12. The Kier molecular flexibility index (Phi) is 6.12. The second kappa shape index (κ2) is 10.6. The van der Waals surface area contributed by atoms with Gasteiger partial charge >= 0.3 is 0 Å². The van der Waals surface area contributed by atoms with Crippen molar-refractivity contribution in [1.29, 1.82) is 0 Å². The van der Waals surface area contributed by atoms with Crippen LogP contribution in [0.15, 0.2) is 170 Å². The Morgan fingerprint density at radius 2 is 0.860 bits per heavy atom. The molecule has 1 aliphatic heterocycles. The first-order chi connectivity index (χ1) is 21.3. The summed E-state index contributed by atoms with van der Waals surface area (Å²) in [5.74, 6) is 1.72. The number of anilines is 6. The molecular formula is C40H28N2O. The van der Waals surface area contributed by atoms with Gasteiger partial charge in [-0.05, 0) is 78.4 Å². The van der Waals surface area contributed by atoms with Crippen molar-refractivity contribution < 1.29 is 4.74 Å². The highest BCUT2D eigenvalue weighted by atomic mass is 16.5. The molecule has 43 heavy (non-hydrogen) atoms. The predicted molar refractivity (Wildman–Crippen MR) is 179 cm³/mol. The van der Waals surface area contributed by atoms with E-state index in [1.54, 1.807) is 0 Å². The van der Waals surface area contributed by atoms with Gasteiger partial charge in [-0.1, -0.05) is 91.0 Å². The van der Waals surface area contributed by atoms with Crippen molar-refractivity contribution in [3.8, 4) is 22.6 Å². The minimum atomic E-state index is 0.852. The molecule has 0 aromatic heterocycles. The molecule has 0 atom stereocenters. The highest BCUT2D eigenvalue weighted by Crippen LogP contribution is 2.51. The summed E-state index contributed by atoms with van der Waals surface area (Å²) in [6.07, 6.45) is 0. The molecule has 1 heterocycles. The molecule has 0 bridgehead atoms. The monoisotopic (exact) mass is 552 g/mol. The molecule has 0 spiro atoms. The third-order valence-electron chi connectivity index (χ3n) is 8.01. The molecule has 0 saturated carbocycles. The largest absolute Gasteiger partial charge is 0.456 e. The Morgan fingerprint density at radius 3 is 1.42 bits per heavy atom. The van der Waals surface area contributed by atoms with Crippen LogP contribution in [0.3, 0.4) is 0 Å². The molecule has 0 aliphatic carbocycles. The van der Waals surface area contributed by atoms with Gasteiger partial charge in [-0.15, -0.1) is 0 Å². The Balaban J connectivity index is 1.28. The van der Waals surface area contributed by atoms with Crippen molar-refractivity contribution in [2.24, 2.45) is 0 Å². The summed E-state index contributed by atoms with van der Waals surface area (Å²) in [4.78, 5) is 4.58. The number of hydrogen-bond acceptors (Lipinski definition) is 3. The second-order valence-electron chi connectivity index (χ2n) is 10.6. The van der Waals surface area contributed by atoms with Gasteiger partial charge in [-0.2, -0.15) is 0 Å². The first-order valence-electron chi connectivity index (χ1n) is 14.5. The lowest BCUT2D eigenvalue weighted by molar-refractivity contribution is 0.487. The normalized spacial score (nSPS) is 11.4. The number of nitrogens with zero attached hydrogens (tertiary/aromatic N) is 2. The molecule has 0 amide bonds. The van der Waals surface area contributed by atoms with Crippen LogP contribution in [-0.4, -0.2) is 0 Å². The number of ether oxygens (including phenoxy) is 1. The Bertz CT molecular complexity index is 1960. The quantitative estimate of drug-likeness (QED) is 0.204. The topological polar surface area (TPSA) is 15.7 Å². The van der Waals surface area contributed by atoms with E-state index < -0.39 is 0 Å². The first kappa shape index (κ1) is 25.0. The summed E-state index contributed by atoms with van der Waals surface area (Å²) in [5.41, 5.74) is 8.83. The smallest absolute Gasteiger partial charge is 0.137 e. The maximum Gasteiger partial charge on any atom is 0.137 e. The minimum absolute atomic E-state index is 0.852. The number of rotatable bonds is 6. The highest BCUT2D eigenvalue weighted by molar-refractivity contribution is 6.11. The van der Waals surface area contributed by atoms with Gasteiger partial charge in [0.15, 0.2) is 0 Å².